The largest absolute Gasteiger partial charge is 0.232 e. The fraction of sp³-hybridized carbons (Fsp3) is 0.105. The lowest BCUT2D eigenvalue weighted by Gasteiger charge is -2.10. The van der Waals surface area contributed by atoms with Crippen molar-refractivity contribution in [1.82, 2.24) is 9.97 Å². The molecule has 0 bridgehead atoms. The molecule has 0 unspecified atom stereocenters. The maximum absolute atomic E-state index is 14.0. The monoisotopic (exact) mass is 369 g/mol. The van der Waals surface area contributed by atoms with Crippen LogP contribution in [0.15, 0.2) is 53.6 Å². The summed E-state index contributed by atoms with van der Waals surface area (Å²) in [4.78, 5) is 8.93. The number of benzene rings is 2. The third kappa shape index (κ3) is 3.81. The Labute approximate surface area is 154 Å². The first-order chi connectivity index (χ1) is 12.1. The molecule has 0 atom stereocenters. The molecule has 0 spiro atoms. The van der Waals surface area contributed by atoms with Crippen LogP contribution < -0.4 is 0 Å². The first-order valence-corrected chi connectivity index (χ1v) is 8.86. The zero-order valence-corrected chi connectivity index (χ0v) is 14.9. The topological polar surface area (TPSA) is 49.6 Å². The number of hydrogen-bond acceptors (Lipinski definition) is 4. The van der Waals surface area contributed by atoms with Crippen LogP contribution in [0.5, 0.6) is 0 Å². The van der Waals surface area contributed by atoms with Crippen LogP contribution in [0.4, 0.5) is 4.39 Å². The Morgan fingerprint density at radius 2 is 1.88 bits per heavy atom. The molecule has 6 heteroatoms. The van der Waals surface area contributed by atoms with E-state index in [1.165, 1.54) is 17.8 Å². The Kier molecular flexibility index (Phi) is 5.32. The molecule has 0 saturated carbocycles. The van der Waals surface area contributed by atoms with Gasteiger partial charge in [-0.1, -0.05) is 59.8 Å². The van der Waals surface area contributed by atoms with Crippen molar-refractivity contribution < 1.29 is 4.39 Å². The molecule has 3 rings (SSSR count). The van der Waals surface area contributed by atoms with Crippen molar-refractivity contribution in [3.63, 3.8) is 0 Å². The van der Waals surface area contributed by atoms with Crippen LogP contribution in [0.1, 0.15) is 16.8 Å². The van der Waals surface area contributed by atoms with Gasteiger partial charge in [-0.15, -0.1) is 0 Å². The van der Waals surface area contributed by atoms with E-state index in [1.807, 2.05) is 30.3 Å². The summed E-state index contributed by atoms with van der Waals surface area (Å²) in [6, 6.07) is 16.2. The van der Waals surface area contributed by atoms with E-state index in [-0.39, 0.29) is 11.6 Å². The Morgan fingerprint density at radius 3 is 2.56 bits per heavy atom. The predicted molar refractivity (Wildman–Crippen MR) is 97.9 cm³/mol. The molecule has 0 amide bonds. The van der Waals surface area contributed by atoms with E-state index in [2.05, 4.69) is 16.0 Å². The Morgan fingerprint density at radius 1 is 1.12 bits per heavy atom. The van der Waals surface area contributed by atoms with E-state index in [9.17, 15) is 9.65 Å². The highest BCUT2D eigenvalue weighted by Crippen LogP contribution is 2.31. The summed E-state index contributed by atoms with van der Waals surface area (Å²) < 4.78 is 14.0. The van der Waals surface area contributed by atoms with Gasteiger partial charge in [0.2, 0.25) is 0 Å². The summed E-state index contributed by atoms with van der Waals surface area (Å²) in [5.41, 5.74) is 2.26. The second-order valence-electron chi connectivity index (χ2n) is 5.28. The molecule has 3 aromatic rings. The molecular weight excluding hydrogens is 357 g/mol. The molecule has 0 aliphatic rings. The summed E-state index contributed by atoms with van der Waals surface area (Å²) in [6.07, 6.45) is 0. The van der Waals surface area contributed by atoms with E-state index in [0.29, 0.717) is 32.7 Å². The molecule has 0 aliphatic carbocycles. The standard InChI is InChI=1S/C19H13ClFN3S/c1-12-14(10-22)19(24-18(23-12)13-6-3-2-4-7-13)25-11-15-16(20)8-5-9-17(15)21/h2-9H,11H2,1H3. The van der Waals surface area contributed by atoms with Crippen molar-refractivity contribution in [2.75, 3.05) is 0 Å². The van der Waals surface area contributed by atoms with Crippen molar-refractivity contribution in [3.8, 4) is 17.5 Å². The number of nitriles is 1. The lowest BCUT2D eigenvalue weighted by Crippen LogP contribution is -2.00. The van der Waals surface area contributed by atoms with Gasteiger partial charge in [0.15, 0.2) is 5.82 Å². The summed E-state index contributed by atoms with van der Waals surface area (Å²) in [7, 11) is 0. The molecule has 124 valence electrons. The maximum atomic E-state index is 14.0. The van der Waals surface area contributed by atoms with Crippen molar-refractivity contribution >= 4 is 23.4 Å². The minimum atomic E-state index is -0.368. The van der Waals surface area contributed by atoms with Crippen molar-refractivity contribution in [3.05, 3.63) is 76.2 Å². The third-order valence-corrected chi connectivity index (χ3v) is 4.97. The fourth-order valence-electron chi connectivity index (χ4n) is 2.31. The van der Waals surface area contributed by atoms with Gasteiger partial charge in [-0.25, -0.2) is 14.4 Å². The maximum Gasteiger partial charge on any atom is 0.160 e. The minimum absolute atomic E-state index is 0.283. The summed E-state index contributed by atoms with van der Waals surface area (Å²) in [6.45, 7) is 1.77. The first-order valence-electron chi connectivity index (χ1n) is 7.50. The molecule has 0 radical (unpaired) electrons. The Bertz CT molecular complexity index is 935. The van der Waals surface area contributed by atoms with Gasteiger partial charge in [0.25, 0.3) is 0 Å². The van der Waals surface area contributed by atoms with Crippen LogP contribution >= 0.6 is 23.4 Å². The Balaban J connectivity index is 1.97. The molecular formula is C19H13ClFN3S. The zero-order chi connectivity index (χ0) is 17.8. The Hall–Kier alpha value is -2.42. The number of hydrogen-bond donors (Lipinski definition) is 0. The van der Waals surface area contributed by atoms with Crippen LogP contribution in [0.25, 0.3) is 11.4 Å². The van der Waals surface area contributed by atoms with Crippen LogP contribution in [0.3, 0.4) is 0 Å². The molecule has 1 aromatic heterocycles. The van der Waals surface area contributed by atoms with Crippen LogP contribution in [-0.4, -0.2) is 9.97 Å². The van der Waals surface area contributed by atoms with Gasteiger partial charge in [-0.05, 0) is 19.1 Å². The second-order valence-corrected chi connectivity index (χ2v) is 6.65. The molecule has 0 N–H and O–H groups in total. The number of aryl methyl sites for hydroxylation is 1. The van der Waals surface area contributed by atoms with E-state index < -0.39 is 0 Å². The van der Waals surface area contributed by atoms with E-state index in [0.717, 1.165) is 5.56 Å². The number of aromatic nitrogens is 2. The molecule has 0 saturated heterocycles. The van der Waals surface area contributed by atoms with Crippen LogP contribution in [0.2, 0.25) is 5.02 Å². The zero-order valence-electron chi connectivity index (χ0n) is 13.3. The molecule has 0 fully saturated rings. The normalized spacial score (nSPS) is 10.5. The van der Waals surface area contributed by atoms with Gasteiger partial charge in [0, 0.05) is 21.9 Å². The number of nitrogens with zero attached hydrogens (tertiary/aromatic N) is 3. The highest BCUT2D eigenvalue weighted by Gasteiger charge is 2.15. The molecule has 0 aliphatic heterocycles. The smallest absolute Gasteiger partial charge is 0.160 e. The minimum Gasteiger partial charge on any atom is -0.232 e. The quantitative estimate of drug-likeness (QED) is 0.456. The van der Waals surface area contributed by atoms with Crippen molar-refractivity contribution in [1.29, 1.82) is 5.26 Å². The number of thioether (sulfide) groups is 1. The highest BCUT2D eigenvalue weighted by atomic mass is 35.5. The van der Waals surface area contributed by atoms with E-state index in [1.54, 1.807) is 19.1 Å². The van der Waals surface area contributed by atoms with E-state index in [4.69, 9.17) is 11.6 Å². The third-order valence-electron chi connectivity index (χ3n) is 3.62. The number of rotatable bonds is 4. The van der Waals surface area contributed by atoms with Crippen molar-refractivity contribution in [2.45, 2.75) is 17.7 Å². The highest BCUT2D eigenvalue weighted by molar-refractivity contribution is 7.98. The first kappa shape index (κ1) is 17.4. The van der Waals surface area contributed by atoms with Gasteiger partial charge in [0.1, 0.15) is 22.5 Å². The summed E-state index contributed by atoms with van der Waals surface area (Å²) in [5, 5.41) is 10.3. The van der Waals surface area contributed by atoms with Gasteiger partial charge in [0.05, 0.1) is 5.69 Å². The predicted octanol–water partition coefficient (Wildman–Crippen LogP) is 5.41. The summed E-state index contributed by atoms with van der Waals surface area (Å²) in [5.74, 6) is 0.456. The number of halogens is 2. The molecule has 3 nitrogen and oxygen atoms in total. The van der Waals surface area contributed by atoms with Crippen molar-refractivity contribution in [2.24, 2.45) is 0 Å². The van der Waals surface area contributed by atoms with Crippen LogP contribution in [0, 0.1) is 24.1 Å². The molecule has 2 aromatic carbocycles. The average molecular weight is 370 g/mol. The lowest BCUT2D eigenvalue weighted by molar-refractivity contribution is 0.617. The van der Waals surface area contributed by atoms with Crippen LogP contribution in [-0.2, 0) is 5.75 Å². The second kappa shape index (κ2) is 7.64. The lowest BCUT2D eigenvalue weighted by atomic mass is 10.2. The van der Waals surface area contributed by atoms with Gasteiger partial charge >= 0.3 is 0 Å². The van der Waals surface area contributed by atoms with E-state index >= 15 is 0 Å². The van der Waals surface area contributed by atoms with Gasteiger partial charge in [-0.3, -0.25) is 0 Å². The average Bonchev–Trinajstić information content (AvgIpc) is 2.61. The molecule has 25 heavy (non-hydrogen) atoms. The summed E-state index contributed by atoms with van der Waals surface area (Å²) >= 11 is 7.35. The SMILES string of the molecule is Cc1nc(-c2ccccc2)nc(SCc2c(F)cccc2Cl)c1C#N. The van der Waals surface area contributed by atoms with Gasteiger partial charge in [-0.2, -0.15) is 5.26 Å². The fourth-order valence-corrected chi connectivity index (χ4v) is 3.68. The molecule has 1 heterocycles. The van der Waals surface area contributed by atoms with Gasteiger partial charge < -0.3 is 0 Å².